The summed E-state index contributed by atoms with van der Waals surface area (Å²) < 4.78 is 0. The van der Waals surface area contributed by atoms with Crippen LogP contribution in [0, 0.1) is 6.92 Å². The molecule has 0 unspecified atom stereocenters. The SMILES string of the molecule is CCCCCN(c1cc(C)ccc1N)C(C)C. The fourth-order valence-corrected chi connectivity index (χ4v) is 2.09. The molecule has 0 aromatic heterocycles. The molecule has 2 nitrogen and oxygen atoms in total. The van der Waals surface area contributed by atoms with Crippen molar-refractivity contribution in [1.29, 1.82) is 0 Å². The van der Waals surface area contributed by atoms with Crippen LogP contribution in [0.5, 0.6) is 0 Å². The fraction of sp³-hybridized carbons (Fsp3) is 0.600. The van der Waals surface area contributed by atoms with Crippen molar-refractivity contribution in [2.24, 2.45) is 0 Å². The molecule has 17 heavy (non-hydrogen) atoms. The molecular weight excluding hydrogens is 208 g/mol. The van der Waals surface area contributed by atoms with E-state index in [0.717, 1.165) is 12.2 Å². The topological polar surface area (TPSA) is 29.3 Å². The maximum Gasteiger partial charge on any atom is 0.0604 e. The number of nitrogens with two attached hydrogens (primary N) is 1. The number of hydrogen-bond acceptors (Lipinski definition) is 2. The summed E-state index contributed by atoms with van der Waals surface area (Å²) in [5.41, 5.74) is 9.44. The quantitative estimate of drug-likeness (QED) is 0.596. The van der Waals surface area contributed by atoms with Gasteiger partial charge in [-0.25, -0.2) is 0 Å². The maximum atomic E-state index is 6.09. The Balaban J connectivity index is 2.85. The van der Waals surface area contributed by atoms with E-state index in [1.54, 1.807) is 0 Å². The largest absolute Gasteiger partial charge is 0.397 e. The molecule has 0 saturated carbocycles. The van der Waals surface area contributed by atoms with Gasteiger partial charge in [-0.15, -0.1) is 0 Å². The molecule has 0 radical (unpaired) electrons. The lowest BCUT2D eigenvalue weighted by molar-refractivity contribution is 0.626. The van der Waals surface area contributed by atoms with Crippen LogP contribution in [0.3, 0.4) is 0 Å². The van der Waals surface area contributed by atoms with Gasteiger partial charge in [0, 0.05) is 12.6 Å². The summed E-state index contributed by atoms with van der Waals surface area (Å²) in [5, 5.41) is 0. The number of anilines is 2. The lowest BCUT2D eigenvalue weighted by atomic mass is 10.1. The van der Waals surface area contributed by atoms with Crippen LogP contribution in [0.25, 0.3) is 0 Å². The molecule has 0 saturated heterocycles. The van der Waals surface area contributed by atoms with Gasteiger partial charge in [-0.2, -0.15) is 0 Å². The van der Waals surface area contributed by atoms with Crippen LogP contribution in [-0.2, 0) is 0 Å². The molecule has 0 atom stereocenters. The van der Waals surface area contributed by atoms with Gasteiger partial charge >= 0.3 is 0 Å². The van der Waals surface area contributed by atoms with E-state index in [9.17, 15) is 0 Å². The monoisotopic (exact) mass is 234 g/mol. The van der Waals surface area contributed by atoms with Gasteiger partial charge < -0.3 is 10.6 Å². The van der Waals surface area contributed by atoms with Crippen molar-refractivity contribution in [2.75, 3.05) is 17.2 Å². The van der Waals surface area contributed by atoms with Gasteiger partial charge in [0.05, 0.1) is 11.4 Å². The smallest absolute Gasteiger partial charge is 0.0604 e. The summed E-state index contributed by atoms with van der Waals surface area (Å²) >= 11 is 0. The normalized spacial score (nSPS) is 10.9. The summed E-state index contributed by atoms with van der Waals surface area (Å²) in [4.78, 5) is 2.41. The van der Waals surface area contributed by atoms with E-state index in [4.69, 9.17) is 5.73 Å². The van der Waals surface area contributed by atoms with Gasteiger partial charge in [0.2, 0.25) is 0 Å². The molecule has 0 fully saturated rings. The minimum atomic E-state index is 0.496. The zero-order chi connectivity index (χ0) is 12.8. The highest BCUT2D eigenvalue weighted by molar-refractivity contribution is 5.68. The first-order valence-electron chi connectivity index (χ1n) is 6.69. The lowest BCUT2D eigenvalue weighted by Crippen LogP contribution is -2.32. The lowest BCUT2D eigenvalue weighted by Gasteiger charge is -2.30. The molecule has 2 heteroatoms. The Morgan fingerprint density at radius 2 is 1.94 bits per heavy atom. The second kappa shape index (κ2) is 6.53. The van der Waals surface area contributed by atoms with Gasteiger partial charge in [0.25, 0.3) is 0 Å². The second-order valence-electron chi connectivity index (χ2n) is 5.06. The van der Waals surface area contributed by atoms with Crippen LogP contribution >= 0.6 is 0 Å². The molecule has 0 aliphatic heterocycles. The van der Waals surface area contributed by atoms with Crippen LogP contribution in [0.4, 0.5) is 11.4 Å². The molecule has 1 rings (SSSR count). The molecule has 96 valence electrons. The molecule has 0 heterocycles. The molecule has 0 aliphatic carbocycles. The van der Waals surface area contributed by atoms with E-state index in [2.05, 4.69) is 44.7 Å². The van der Waals surface area contributed by atoms with Gasteiger partial charge in [0.15, 0.2) is 0 Å². The zero-order valence-corrected chi connectivity index (χ0v) is 11.7. The van der Waals surface area contributed by atoms with Crippen LogP contribution in [-0.4, -0.2) is 12.6 Å². The summed E-state index contributed by atoms with van der Waals surface area (Å²) in [6, 6.07) is 6.78. The molecule has 0 bridgehead atoms. The van der Waals surface area contributed by atoms with E-state index in [-0.39, 0.29) is 0 Å². The van der Waals surface area contributed by atoms with E-state index in [0.29, 0.717) is 6.04 Å². The Morgan fingerprint density at radius 3 is 2.53 bits per heavy atom. The van der Waals surface area contributed by atoms with Crippen molar-refractivity contribution in [3.63, 3.8) is 0 Å². The number of benzene rings is 1. The van der Waals surface area contributed by atoms with Gasteiger partial charge in [0.1, 0.15) is 0 Å². The molecular formula is C15H26N2. The summed E-state index contributed by atoms with van der Waals surface area (Å²) in [7, 11) is 0. The average molecular weight is 234 g/mol. The van der Waals surface area contributed by atoms with Crippen LogP contribution in [0.2, 0.25) is 0 Å². The predicted molar refractivity (Wildman–Crippen MR) is 77.6 cm³/mol. The number of aryl methyl sites for hydroxylation is 1. The van der Waals surface area contributed by atoms with Crippen molar-refractivity contribution < 1.29 is 0 Å². The highest BCUT2D eigenvalue weighted by Gasteiger charge is 2.12. The molecule has 0 amide bonds. The Kier molecular flexibility index (Phi) is 5.33. The van der Waals surface area contributed by atoms with Crippen molar-refractivity contribution in [3.05, 3.63) is 23.8 Å². The fourth-order valence-electron chi connectivity index (χ4n) is 2.09. The van der Waals surface area contributed by atoms with Crippen LogP contribution < -0.4 is 10.6 Å². The molecule has 0 aliphatic rings. The molecule has 2 N–H and O–H groups in total. The van der Waals surface area contributed by atoms with Crippen LogP contribution in [0.15, 0.2) is 18.2 Å². The van der Waals surface area contributed by atoms with Crippen molar-refractivity contribution in [3.8, 4) is 0 Å². The molecule has 1 aromatic carbocycles. The van der Waals surface area contributed by atoms with Crippen molar-refractivity contribution in [1.82, 2.24) is 0 Å². The third-order valence-corrected chi connectivity index (χ3v) is 3.12. The Hall–Kier alpha value is -1.18. The summed E-state index contributed by atoms with van der Waals surface area (Å²) in [5.74, 6) is 0. The minimum Gasteiger partial charge on any atom is -0.397 e. The first-order valence-corrected chi connectivity index (χ1v) is 6.69. The zero-order valence-electron chi connectivity index (χ0n) is 11.7. The van der Waals surface area contributed by atoms with Crippen molar-refractivity contribution >= 4 is 11.4 Å². The van der Waals surface area contributed by atoms with Gasteiger partial charge in [-0.05, 0) is 44.9 Å². The number of rotatable bonds is 6. The van der Waals surface area contributed by atoms with E-state index >= 15 is 0 Å². The number of nitrogens with zero attached hydrogens (tertiary/aromatic N) is 1. The van der Waals surface area contributed by atoms with E-state index in [1.807, 2.05) is 6.07 Å². The summed E-state index contributed by atoms with van der Waals surface area (Å²) in [6.45, 7) is 9.91. The molecule has 1 aromatic rings. The Bertz CT molecular complexity index is 345. The number of unbranched alkanes of at least 4 members (excludes halogenated alkanes) is 2. The third-order valence-electron chi connectivity index (χ3n) is 3.12. The van der Waals surface area contributed by atoms with E-state index in [1.165, 1.54) is 30.5 Å². The second-order valence-corrected chi connectivity index (χ2v) is 5.06. The standard InChI is InChI=1S/C15H26N2/c1-5-6-7-10-17(12(2)3)15-11-13(4)8-9-14(15)16/h8-9,11-12H,5-7,10,16H2,1-4H3. The van der Waals surface area contributed by atoms with Gasteiger partial charge in [-0.1, -0.05) is 25.8 Å². The van der Waals surface area contributed by atoms with Gasteiger partial charge in [-0.3, -0.25) is 0 Å². The first kappa shape index (κ1) is 13.9. The van der Waals surface area contributed by atoms with Crippen molar-refractivity contribution in [2.45, 2.75) is 53.0 Å². The first-order chi connectivity index (χ1) is 8.06. The minimum absolute atomic E-state index is 0.496. The summed E-state index contributed by atoms with van der Waals surface area (Å²) in [6.07, 6.45) is 3.78. The predicted octanol–water partition coefficient (Wildman–Crippen LogP) is 3.98. The highest BCUT2D eigenvalue weighted by atomic mass is 15.2. The molecule has 0 spiro atoms. The number of nitrogen functional groups attached to an aromatic ring is 1. The Labute approximate surface area is 106 Å². The Morgan fingerprint density at radius 1 is 1.24 bits per heavy atom. The maximum absolute atomic E-state index is 6.09. The average Bonchev–Trinajstić information content (AvgIpc) is 2.28. The van der Waals surface area contributed by atoms with E-state index < -0.39 is 0 Å². The number of hydrogen-bond donors (Lipinski definition) is 1. The van der Waals surface area contributed by atoms with Crippen LogP contribution in [0.1, 0.15) is 45.6 Å². The highest BCUT2D eigenvalue weighted by Crippen LogP contribution is 2.26. The third kappa shape index (κ3) is 3.95.